The number of nitrogens with zero attached hydrogens (tertiary/aromatic N) is 3. The molecule has 32 heavy (non-hydrogen) atoms. The van der Waals surface area contributed by atoms with E-state index in [4.69, 9.17) is 5.73 Å². The number of hydrazine groups is 1. The number of fused-ring (bicyclic) bond motifs is 1. The molecule has 3 aromatic rings. The highest BCUT2D eigenvalue weighted by atomic mass is 16.2. The first-order valence-electron chi connectivity index (χ1n) is 11.5. The smallest absolute Gasteiger partial charge is 0.256 e. The normalized spacial score (nSPS) is 14.7. The summed E-state index contributed by atoms with van der Waals surface area (Å²) in [4.78, 5) is 24.6. The predicted octanol–water partition coefficient (Wildman–Crippen LogP) is 4.44. The van der Waals surface area contributed by atoms with Gasteiger partial charge in [-0.25, -0.2) is 5.01 Å². The number of likely N-dealkylation sites (N-methyl/N-ethyl adjacent to an activating group) is 1. The van der Waals surface area contributed by atoms with Crippen LogP contribution >= 0.6 is 0 Å². The van der Waals surface area contributed by atoms with Gasteiger partial charge in [-0.3, -0.25) is 14.6 Å². The number of hydrogen-bond donors (Lipinski definition) is 1. The van der Waals surface area contributed by atoms with Crippen molar-refractivity contribution >= 4 is 22.7 Å². The van der Waals surface area contributed by atoms with Crippen LogP contribution in [0.2, 0.25) is 0 Å². The third-order valence-electron chi connectivity index (χ3n) is 6.65. The molecular weight excluding hydrogens is 400 g/mol. The van der Waals surface area contributed by atoms with Crippen LogP contribution in [0.15, 0.2) is 54.7 Å². The van der Waals surface area contributed by atoms with Gasteiger partial charge in [-0.05, 0) is 60.5 Å². The lowest BCUT2D eigenvalue weighted by molar-refractivity contribution is -0.152. The second-order valence-corrected chi connectivity index (χ2v) is 8.63. The van der Waals surface area contributed by atoms with Gasteiger partial charge in [0.1, 0.15) is 6.54 Å². The fourth-order valence-corrected chi connectivity index (χ4v) is 4.78. The van der Waals surface area contributed by atoms with Crippen molar-refractivity contribution in [2.45, 2.75) is 51.6 Å². The largest absolute Gasteiger partial charge is 0.366 e. The monoisotopic (exact) mass is 432 g/mol. The van der Waals surface area contributed by atoms with Crippen LogP contribution in [0.25, 0.3) is 22.0 Å². The minimum absolute atomic E-state index is 0.106. The van der Waals surface area contributed by atoms with Crippen LogP contribution in [0, 0.1) is 0 Å². The summed E-state index contributed by atoms with van der Waals surface area (Å²) in [5.74, 6) is -0.327. The summed E-state index contributed by atoms with van der Waals surface area (Å²) < 4.78 is 2.02. The first-order valence-corrected chi connectivity index (χ1v) is 11.5. The van der Waals surface area contributed by atoms with Crippen molar-refractivity contribution in [3.05, 3.63) is 60.3 Å². The molecule has 2 aromatic carbocycles. The Labute approximate surface area is 189 Å². The molecule has 0 bridgehead atoms. The molecule has 0 aliphatic heterocycles. The zero-order chi connectivity index (χ0) is 22.7. The Kier molecular flexibility index (Phi) is 6.61. The second kappa shape index (κ2) is 9.57. The molecule has 0 saturated heterocycles. The van der Waals surface area contributed by atoms with Gasteiger partial charge in [-0.1, -0.05) is 43.5 Å². The van der Waals surface area contributed by atoms with E-state index in [0.717, 1.165) is 34.9 Å². The number of amides is 2. The highest BCUT2D eigenvalue weighted by Crippen LogP contribution is 2.26. The summed E-state index contributed by atoms with van der Waals surface area (Å²) in [6.07, 6.45) is 8.08. The van der Waals surface area contributed by atoms with E-state index >= 15 is 0 Å². The minimum Gasteiger partial charge on any atom is -0.366 e. The Morgan fingerprint density at radius 1 is 1.00 bits per heavy atom. The number of nitrogens with two attached hydrogens (primary N) is 1. The van der Waals surface area contributed by atoms with Crippen molar-refractivity contribution in [2.75, 3.05) is 13.6 Å². The maximum Gasteiger partial charge on any atom is 0.256 e. The SMILES string of the molecule is CCN(C(=O)Cn1ccc2ccc(-c3ccc(C(N)=O)cc3)cc21)N(C)C1CCCCC1. The molecule has 0 radical (unpaired) electrons. The summed E-state index contributed by atoms with van der Waals surface area (Å²) in [5.41, 5.74) is 8.90. The maximum atomic E-state index is 13.2. The lowest BCUT2D eigenvalue weighted by Gasteiger charge is -2.39. The molecule has 0 atom stereocenters. The Balaban J connectivity index is 1.55. The van der Waals surface area contributed by atoms with Crippen LogP contribution in [0.3, 0.4) is 0 Å². The average Bonchev–Trinajstić information content (AvgIpc) is 3.22. The summed E-state index contributed by atoms with van der Waals surface area (Å²) in [7, 11) is 2.05. The van der Waals surface area contributed by atoms with E-state index < -0.39 is 5.91 Å². The van der Waals surface area contributed by atoms with E-state index in [1.807, 2.05) is 40.9 Å². The van der Waals surface area contributed by atoms with E-state index in [-0.39, 0.29) is 5.91 Å². The molecule has 1 aromatic heterocycles. The third-order valence-corrected chi connectivity index (χ3v) is 6.65. The minimum atomic E-state index is -0.432. The molecule has 6 nitrogen and oxygen atoms in total. The molecule has 168 valence electrons. The fourth-order valence-electron chi connectivity index (χ4n) is 4.78. The van der Waals surface area contributed by atoms with Crippen LogP contribution in [0.4, 0.5) is 0 Å². The molecule has 1 aliphatic rings. The van der Waals surface area contributed by atoms with Gasteiger partial charge in [-0.15, -0.1) is 0 Å². The molecule has 1 saturated carbocycles. The van der Waals surface area contributed by atoms with Gasteiger partial charge in [0.2, 0.25) is 5.91 Å². The Morgan fingerprint density at radius 3 is 2.34 bits per heavy atom. The zero-order valence-electron chi connectivity index (χ0n) is 19.0. The van der Waals surface area contributed by atoms with Gasteiger partial charge in [0.25, 0.3) is 5.91 Å². The first-order chi connectivity index (χ1) is 15.5. The Bertz CT molecular complexity index is 1100. The molecule has 4 rings (SSSR count). The third kappa shape index (κ3) is 4.55. The fraction of sp³-hybridized carbons (Fsp3) is 0.385. The van der Waals surface area contributed by atoms with Crippen molar-refractivity contribution < 1.29 is 9.59 Å². The summed E-state index contributed by atoms with van der Waals surface area (Å²) in [6.45, 7) is 3.01. The van der Waals surface area contributed by atoms with Crippen molar-refractivity contribution in [1.82, 2.24) is 14.6 Å². The predicted molar refractivity (Wildman–Crippen MR) is 128 cm³/mol. The van der Waals surface area contributed by atoms with E-state index in [2.05, 4.69) is 30.3 Å². The quantitative estimate of drug-likeness (QED) is 0.561. The number of aromatic nitrogens is 1. The number of primary amides is 1. The Hall–Kier alpha value is -3.12. The second-order valence-electron chi connectivity index (χ2n) is 8.63. The van der Waals surface area contributed by atoms with Gasteiger partial charge >= 0.3 is 0 Å². The number of carbonyl (C=O) groups excluding carboxylic acids is 2. The molecule has 0 spiro atoms. The van der Waals surface area contributed by atoms with Crippen LogP contribution in [-0.4, -0.2) is 46.0 Å². The van der Waals surface area contributed by atoms with Gasteiger partial charge in [0.15, 0.2) is 0 Å². The summed E-state index contributed by atoms with van der Waals surface area (Å²) in [6, 6.07) is 16.0. The lowest BCUT2D eigenvalue weighted by atomic mass is 9.95. The standard InChI is InChI=1S/C26H32N4O2/c1-3-30(28(2)23-7-5-4-6-8-23)25(31)18-29-16-15-20-11-14-22(17-24(20)29)19-9-12-21(13-10-19)26(27)32/h9-17,23H,3-8,18H2,1-2H3,(H2,27,32). The highest BCUT2D eigenvalue weighted by molar-refractivity contribution is 5.93. The van der Waals surface area contributed by atoms with Crippen molar-refractivity contribution in [2.24, 2.45) is 5.73 Å². The highest BCUT2D eigenvalue weighted by Gasteiger charge is 2.25. The summed E-state index contributed by atoms with van der Waals surface area (Å²) in [5, 5.41) is 5.16. The molecule has 1 fully saturated rings. The van der Waals surface area contributed by atoms with E-state index in [9.17, 15) is 9.59 Å². The zero-order valence-corrected chi connectivity index (χ0v) is 19.0. The van der Waals surface area contributed by atoms with Gasteiger partial charge in [0, 0.05) is 36.9 Å². The lowest BCUT2D eigenvalue weighted by Crippen LogP contribution is -2.50. The van der Waals surface area contributed by atoms with Crippen LogP contribution < -0.4 is 5.73 Å². The molecule has 1 heterocycles. The summed E-state index contributed by atoms with van der Waals surface area (Å²) >= 11 is 0. The van der Waals surface area contributed by atoms with E-state index in [1.165, 1.54) is 19.3 Å². The number of benzene rings is 2. The van der Waals surface area contributed by atoms with Crippen LogP contribution in [0.5, 0.6) is 0 Å². The van der Waals surface area contributed by atoms with Crippen LogP contribution in [0.1, 0.15) is 49.4 Å². The molecular formula is C26H32N4O2. The first kappa shape index (κ1) is 22.1. The topological polar surface area (TPSA) is 71.6 Å². The van der Waals surface area contributed by atoms with Crippen molar-refractivity contribution in [3.8, 4) is 11.1 Å². The van der Waals surface area contributed by atoms with Gasteiger partial charge in [-0.2, -0.15) is 0 Å². The molecule has 0 unspecified atom stereocenters. The van der Waals surface area contributed by atoms with Gasteiger partial charge in [0.05, 0.1) is 0 Å². The number of carbonyl (C=O) groups is 2. The molecule has 1 aliphatic carbocycles. The van der Waals surface area contributed by atoms with E-state index in [0.29, 0.717) is 24.7 Å². The number of hydrogen-bond acceptors (Lipinski definition) is 3. The molecule has 2 amide bonds. The van der Waals surface area contributed by atoms with E-state index in [1.54, 1.807) is 12.1 Å². The maximum absolute atomic E-state index is 13.2. The molecule has 6 heteroatoms. The average molecular weight is 433 g/mol. The molecule has 2 N–H and O–H groups in total. The van der Waals surface area contributed by atoms with Crippen molar-refractivity contribution in [1.29, 1.82) is 0 Å². The van der Waals surface area contributed by atoms with Crippen LogP contribution in [-0.2, 0) is 11.3 Å². The van der Waals surface area contributed by atoms with Crippen molar-refractivity contribution in [3.63, 3.8) is 0 Å². The van der Waals surface area contributed by atoms with Gasteiger partial charge < -0.3 is 10.3 Å². The number of rotatable bonds is 7. The Morgan fingerprint density at radius 2 is 1.69 bits per heavy atom.